The number of hydrogen-bond donors (Lipinski definition) is 1. The van der Waals surface area contributed by atoms with Gasteiger partial charge in [-0.2, -0.15) is 13.2 Å². The SMILES string of the molecule is CCNC(CCC(F)(F)F)c1ccoc1Cl. The van der Waals surface area contributed by atoms with Crippen molar-refractivity contribution in [1.82, 2.24) is 5.32 Å². The van der Waals surface area contributed by atoms with Crippen molar-refractivity contribution in [1.29, 1.82) is 0 Å². The van der Waals surface area contributed by atoms with E-state index in [0.717, 1.165) is 0 Å². The second kappa shape index (κ2) is 5.59. The zero-order chi connectivity index (χ0) is 12.2. The Bertz CT molecular complexity index is 324. The zero-order valence-corrected chi connectivity index (χ0v) is 9.53. The maximum atomic E-state index is 12.1. The highest BCUT2D eigenvalue weighted by Crippen LogP contribution is 2.31. The number of alkyl halides is 3. The number of hydrogen-bond acceptors (Lipinski definition) is 2. The van der Waals surface area contributed by atoms with E-state index < -0.39 is 18.6 Å². The Morgan fingerprint density at radius 3 is 2.62 bits per heavy atom. The molecule has 0 radical (unpaired) electrons. The summed E-state index contributed by atoms with van der Waals surface area (Å²) in [6, 6.07) is 1.17. The average molecular weight is 256 g/mol. The first-order valence-electron chi connectivity index (χ1n) is 4.97. The van der Waals surface area contributed by atoms with Crippen LogP contribution in [0, 0.1) is 0 Å². The summed E-state index contributed by atoms with van der Waals surface area (Å²) >= 11 is 5.73. The van der Waals surface area contributed by atoms with Gasteiger partial charge in [-0.3, -0.25) is 0 Å². The molecule has 0 aliphatic carbocycles. The lowest BCUT2D eigenvalue weighted by Crippen LogP contribution is -2.23. The molecule has 0 aliphatic heterocycles. The average Bonchev–Trinajstić information content (AvgIpc) is 2.57. The van der Waals surface area contributed by atoms with Crippen LogP contribution in [0.25, 0.3) is 0 Å². The molecule has 2 nitrogen and oxygen atoms in total. The molecule has 1 heterocycles. The van der Waals surface area contributed by atoms with E-state index in [1.807, 2.05) is 6.92 Å². The van der Waals surface area contributed by atoms with Crippen LogP contribution in [0.4, 0.5) is 13.2 Å². The van der Waals surface area contributed by atoms with Gasteiger partial charge in [0.1, 0.15) is 0 Å². The number of halogens is 4. The van der Waals surface area contributed by atoms with Gasteiger partial charge in [-0.15, -0.1) is 0 Å². The highest BCUT2D eigenvalue weighted by atomic mass is 35.5. The standard InChI is InChI=1S/C10H13ClF3NO/c1-2-15-8(3-5-10(12,13)14)7-4-6-16-9(7)11/h4,6,8,15H,2-3,5H2,1H3. The fourth-order valence-corrected chi connectivity index (χ4v) is 1.72. The van der Waals surface area contributed by atoms with E-state index in [9.17, 15) is 13.2 Å². The maximum absolute atomic E-state index is 12.1. The van der Waals surface area contributed by atoms with Gasteiger partial charge in [0.15, 0.2) is 5.22 Å². The van der Waals surface area contributed by atoms with Crippen LogP contribution in [0.5, 0.6) is 0 Å². The van der Waals surface area contributed by atoms with Gasteiger partial charge < -0.3 is 9.73 Å². The van der Waals surface area contributed by atoms with E-state index in [-0.39, 0.29) is 11.6 Å². The van der Waals surface area contributed by atoms with Crippen molar-refractivity contribution in [2.45, 2.75) is 32.0 Å². The molecule has 1 rings (SSSR count). The Hall–Kier alpha value is -0.680. The normalized spacial score (nSPS) is 14.1. The highest BCUT2D eigenvalue weighted by Gasteiger charge is 2.29. The van der Waals surface area contributed by atoms with E-state index in [4.69, 9.17) is 16.0 Å². The van der Waals surface area contributed by atoms with Gasteiger partial charge in [-0.05, 0) is 30.6 Å². The molecular formula is C10H13ClF3NO. The molecule has 6 heteroatoms. The molecule has 1 aromatic heterocycles. The third kappa shape index (κ3) is 4.06. The van der Waals surface area contributed by atoms with Crippen LogP contribution in [-0.4, -0.2) is 12.7 Å². The third-order valence-corrected chi connectivity index (χ3v) is 2.50. The van der Waals surface area contributed by atoms with Crippen molar-refractivity contribution in [3.63, 3.8) is 0 Å². The largest absolute Gasteiger partial charge is 0.453 e. The van der Waals surface area contributed by atoms with Crippen LogP contribution in [0.2, 0.25) is 5.22 Å². The molecule has 0 aliphatic rings. The minimum Gasteiger partial charge on any atom is -0.453 e. The molecule has 1 aromatic rings. The van der Waals surface area contributed by atoms with Gasteiger partial charge >= 0.3 is 6.18 Å². The molecule has 0 amide bonds. The molecule has 1 N–H and O–H groups in total. The van der Waals surface area contributed by atoms with Gasteiger partial charge in [0.25, 0.3) is 0 Å². The molecule has 0 saturated carbocycles. The molecule has 0 aromatic carbocycles. The highest BCUT2D eigenvalue weighted by molar-refractivity contribution is 6.29. The van der Waals surface area contributed by atoms with Gasteiger partial charge in [0.05, 0.1) is 6.26 Å². The van der Waals surface area contributed by atoms with E-state index in [0.29, 0.717) is 12.1 Å². The summed E-state index contributed by atoms with van der Waals surface area (Å²) in [5.41, 5.74) is 0.577. The van der Waals surface area contributed by atoms with Crippen molar-refractivity contribution in [3.8, 4) is 0 Å². The summed E-state index contributed by atoms with van der Waals surface area (Å²) < 4.78 is 41.2. The van der Waals surface area contributed by atoms with E-state index >= 15 is 0 Å². The molecule has 0 spiro atoms. The number of furan rings is 1. The smallest absolute Gasteiger partial charge is 0.389 e. The lowest BCUT2D eigenvalue weighted by Gasteiger charge is -2.17. The van der Waals surface area contributed by atoms with Gasteiger partial charge in [-0.25, -0.2) is 0 Å². The minimum absolute atomic E-state index is 0.0450. The molecule has 0 fully saturated rings. The molecule has 1 atom stereocenters. The minimum atomic E-state index is -4.15. The summed E-state index contributed by atoms with van der Waals surface area (Å²) in [5, 5.41) is 3.10. The summed E-state index contributed by atoms with van der Waals surface area (Å²) in [4.78, 5) is 0. The van der Waals surface area contributed by atoms with Crippen molar-refractivity contribution < 1.29 is 17.6 Å². The fourth-order valence-electron chi connectivity index (χ4n) is 1.48. The molecule has 92 valence electrons. The molecule has 0 bridgehead atoms. The van der Waals surface area contributed by atoms with Crippen LogP contribution < -0.4 is 5.32 Å². The quantitative estimate of drug-likeness (QED) is 0.862. The number of nitrogens with one attached hydrogen (secondary N) is 1. The Labute approximate surface area is 96.8 Å². The molecule has 0 saturated heterocycles. The van der Waals surface area contributed by atoms with Crippen molar-refractivity contribution in [3.05, 3.63) is 23.1 Å². The second-order valence-electron chi connectivity index (χ2n) is 3.41. The fraction of sp³-hybridized carbons (Fsp3) is 0.600. The van der Waals surface area contributed by atoms with E-state index in [1.54, 1.807) is 6.07 Å². The van der Waals surface area contributed by atoms with E-state index in [1.165, 1.54) is 6.26 Å². The van der Waals surface area contributed by atoms with Crippen LogP contribution >= 0.6 is 11.6 Å². The zero-order valence-electron chi connectivity index (χ0n) is 8.77. The predicted octanol–water partition coefficient (Wildman–Crippen LogP) is 3.93. The van der Waals surface area contributed by atoms with Crippen LogP contribution in [-0.2, 0) is 0 Å². The summed E-state index contributed by atoms with van der Waals surface area (Å²) in [6.07, 6.45) is -3.66. The predicted molar refractivity (Wildman–Crippen MR) is 55.4 cm³/mol. The molecular weight excluding hydrogens is 243 g/mol. The lowest BCUT2D eigenvalue weighted by molar-refractivity contribution is -0.136. The monoisotopic (exact) mass is 255 g/mol. The lowest BCUT2D eigenvalue weighted by atomic mass is 10.1. The van der Waals surface area contributed by atoms with E-state index in [2.05, 4.69) is 5.32 Å². The third-order valence-electron chi connectivity index (χ3n) is 2.19. The van der Waals surface area contributed by atoms with Crippen LogP contribution in [0.1, 0.15) is 31.4 Å². The molecule has 16 heavy (non-hydrogen) atoms. The van der Waals surface area contributed by atoms with Gasteiger partial charge in [0, 0.05) is 18.0 Å². The van der Waals surface area contributed by atoms with Gasteiger partial charge in [-0.1, -0.05) is 6.92 Å². The maximum Gasteiger partial charge on any atom is 0.389 e. The van der Waals surface area contributed by atoms with Crippen molar-refractivity contribution in [2.75, 3.05) is 6.54 Å². The van der Waals surface area contributed by atoms with Crippen LogP contribution in [0.15, 0.2) is 16.7 Å². The summed E-state index contributed by atoms with van der Waals surface area (Å²) in [6.45, 7) is 2.40. The first kappa shape index (κ1) is 13.4. The Morgan fingerprint density at radius 1 is 1.50 bits per heavy atom. The number of rotatable bonds is 5. The van der Waals surface area contributed by atoms with Crippen LogP contribution in [0.3, 0.4) is 0 Å². The van der Waals surface area contributed by atoms with Crippen molar-refractivity contribution >= 4 is 11.6 Å². The first-order valence-corrected chi connectivity index (χ1v) is 5.35. The summed E-state index contributed by atoms with van der Waals surface area (Å²) in [7, 11) is 0. The Morgan fingerprint density at radius 2 is 2.19 bits per heavy atom. The van der Waals surface area contributed by atoms with Crippen molar-refractivity contribution in [2.24, 2.45) is 0 Å². The second-order valence-corrected chi connectivity index (χ2v) is 3.76. The summed E-state index contributed by atoms with van der Waals surface area (Å²) in [5.74, 6) is 0. The molecule has 1 unspecified atom stereocenters. The first-order chi connectivity index (χ1) is 7.44. The van der Waals surface area contributed by atoms with Gasteiger partial charge in [0.2, 0.25) is 0 Å². The topological polar surface area (TPSA) is 25.2 Å². The Balaban J connectivity index is 2.65. The Kier molecular flexibility index (Phi) is 4.68.